The summed E-state index contributed by atoms with van der Waals surface area (Å²) in [4.78, 5) is 0. The van der Waals surface area contributed by atoms with Gasteiger partial charge in [0.25, 0.3) is 0 Å². The molecule has 0 amide bonds. The minimum atomic E-state index is 0.720. The molecule has 1 N–H and O–H groups in total. The van der Waals surface area contributed by atoms with Gasteiger partial charge in [-0.3, -0.25) is 0 Å². The Labute approximate surface area is 114 Å². The van der Waals surface area contributed by atoms with Crippen molar-refractivity contribution in [2.24, 2.45) is 0 Å². The second-order valence-electron chi connectivity index (χ2n) is 4.40. The number of nitrogens with zero attached hydrogens (tertiary/aromatic N) is 2. The van der Waals surface area contributed by atoms with Gasteiger partial charge in [0.1, 0.15) is 16.5 Å². The predicted octanol–water partition coefficient (Wildman–Crippen LogP) is 2.98. The first-order valence-electron chi connectivity index (χ1n) is 6.03. The van der Waals surface area contributed by atoms with E-state index in [-0.39, 0.29) is 0 Å². The Hall–Kier alpha value is -0.850. The number of nitrogens with one attached hydrogen (secondary N) is 1. The summed E-state index contributed by atoms with van der Waals surface area (Å²) < 4.78 is 6.76. The van der Waals surface area contributed by atoms with Gasteiger partial charge in [-0.1, -0.05) is 23.1 Å². The van der Waals surface area contributed by atoms with Crippen molar-refractivity contribution >= 4 is 23.1 Å². The monoisotopic (exact) mass is 281 g/mol. The average molecular weight is 281 g/mol. The largest absolute Gasteiger partial charge is 0.464 e. The van der Waals surface area contributed by atoms with Gasteiger partial charge in [-0.25, -0.2) is 0 Å². The van der Waals surface area contributed by atoms with Crippen LogP contribution in [-0.2, 0) is 12.3 Å². The molecule has 0 saturated heterocycles. The second-order valence-corrected chi connectivity index (χ2v) is 6.80. The highest BCUT2D eigenvalue weighted by Crippen LogP contribution is 2.26. The third-order valence-electron chi connectivity index (χ3n) is 2.71. The van der Waals surface area contributed by atoms with Crippen molar-refractivity contribution in [1.82, 2.24) is 15.5 Å². The lowest BCUT2D eigenvalue weighted by Crippen LogP contribution is -2.14. The van der Waals surface area contributed by atoms with Crippen LogP contribution in [0.3, 0.4) is 0 Å². The molecule has 1 fully saturated rings. The number of thioether (sulfide) groups is 1. The van der Waals surface area contributed by atoms with Gasteiger partial charge in [0, 0.05) is 6.04 Å². The van der Waals surface area contributed by atoms with E-state index in [9.17, 15) is 0 Å². The first-order chi connectivity index (χ1) is 8.79. The molecule has 3 rings (SSSR count). The van der Waals surface area contributed by atoms with Crippen molar-refractivity contribution in [1.29, 1.82) is 0 Å². The van der Waals surface area contributed by atoms with Crippen LogP contribution in [-0.4, -0.2) is 16.2 Å². The molecule has 1 aliphatic carbocycles. The number of hydrogen-bond acceptors (Lipinski definition) is 6. The van der Waals surface area contributed by atoms with Crippen LogP contribution in [0, 0.1) is 6.92 Å². The van der Waals surface area contributed by atoms with E-state index in [4.69, 9.17) is 4.42 Å². The lowest BCUT2D eigenvalue weighted by Gasteiger charge is -1.98. The third-order valence-corrected chi connectivity index (χ3v) is 4.70. The fourth-order valence-electron chi connectivity index (χ4n) is 1.60. The zero-order chi connectivity index (χ0) is 12.4. The van der Waals surface area contributed by atoms with Gasteiger partial charge < -0.3 is 9.73 Å². The fourth-order valence-corrected chi connectivity index (χ4v) is 3.31. The number of aromatic nitrogens is 2. The molecule has 1 aliphatic rings. The maximum Gasteiger partial charge on any atom is 0.174 e. The zero-order valence-corrected chi connectivity index (χ0v) is 11.8. The Morgan fingerprint density at radius 1 is 1.39 bits per heavy atom. The SMILES string of the molecule is Cc1nnc(SCc2ccc(CNC3CC3)o2)s1. The standard InChI is InChI=1S/C12H15N3OS2/c1-8-14-15-12(18-8)17-7-11-5-4-10(16-11)6-13-9-2-3-9/h4-5,9,13H,2-3,6-7H2,1H3. The number of rotatable bonds is 6. The molecule has 96 valence electrons. The smallest absolute Gasteiger partial charge is 0.174 e. The van der Waals surface area contributed by atoms with Gasteiger partial charge in [-0.05, 0) is 31.9 Å². The van der Waals surface area contributed by atoms with Crippen molar-refractivity contribution in [2.45, 2.75) is 42.4 Å². The van der Waals surface area contributed by atoms with Gasteiger partial charge in [0.05, 0.1) is 12.3 Å². The lowest BCUT2D eigenvalue weighted by molar-refractivity contribution is 0.458. The van der Waals surface area contributed by atoms with E-state index < -0.39 is 0 Å². The molecule has 0 aliphatic heterocycles. The minimum Gasteiger partial charge on any atom is -0.464 e. The van der Waals surface area contributed by atoms with Crippen LogP contribution < -0.4 is 5.32 Å². The Balaban J connectivity index is 1.49. The molecule has 0 unspecified atom stereocenters. The van der Waals surface area contributed by atoms with Crippen molar-refractivity contribution in [3.63, 3.8) is 0 Å². The molecule has 0 radical (unpaired) electrons. The van der Waals surface area contributed by atoms with E-state index in [0.717, 1.165) is 39.2 Å². The van der Waals surface area contributed by atoms with Gasteiger partial charge in [-0.2, -0.15) is 0 Å². The van der Waals surface area contributed by atoms with Crippen LogP contribution >= 0.6 is 23.1 Å². The summed E-state index contributed by atoms with van der Waals surface area (Å²) in [6.07, 6.45) is 2.61. The fraction of sp³-hybridized carbons (Fsp3) is 0.500. The van der Waals surface area contributed by atoms with Crippen LogP contribution in [0.5, 0.6) is 0 Å². The lowest BCUT2D eigenvalue weighted by atomic mass is 10.4. The summed E-state index contributed by atoms with van der Waals surface area (Å²) in [5, 5.41) is 12.5. The van der Waals surface area contributed by atoms with Crippen molar-refractivity contribution < 1.29 is 4.42 Å². The Kier molecular flexibility index (Phi) is 3.67. The van der Waals surface area contributed by atoms with E-state index in [1.165, 1.54) is 12.8 Å². The van der Waals surface area contributed by atoms with Gasteiger partial charge >= 0.3 is 0 Å². The molecule has 4 nitrogen and oxygen atoms in total. The van der Waals surface area contributed by atoms with E-state index in [1.807, 2.05) is 13.0 Å². The van der Waals surface area contributed by atoms with Crippen molar-refractivity contribution in [3.05, 3.63) is 28.7 Å². The minimum absolute atomic E-state index is 0.720. The van der Waals surface area contributed by atoms with Gasteiger partial charge in [-0.15, -0.1) is 10.2 Å². The highest BCUT2D eigenvalue weighted by atomic mass is 32.2. The molecule has 6 heteroatoms. The first kappa shape index (κ1) is 12.2. The number of hydrogen-bond donors (Lipinski definition) is 1. The summed E-state index contributed by atoms with van der Waals surface area (Å²) >= 11 is 3.30. The summed E-state index contributed by atoms with van der Waals surface area (Å²) in [5.41, 5.74) is 0. The van der Waals surface area contributed by atoms with Crippen LogP contribution in [0.2, 0.25) is 0 Å². The Bertz CT molecular complexity index is 519. The van der Waals surface area contributed by atoms with Crippen molar-refractivity contribution in [3.8, 4) is 0 Å². The molecule has 2 heterocycles. The Morgan fingerprint density at radius 2 is 2.22 bits per heavy atom. The van der Waals surface area contributed by atoms with Crippen LogP contribution in [0.4, 0.5) is 0 Å². The van der Waals surface area contributed by atoms with Crippen LogP contribution in [0.25, 0.3) is 0 Å². The molecule has 0 spiro atoms. The molecular weight excluding hydrogens is 266 g/mol. The molecule has 0 bridgehead atoms. The number of aryl methyl sites for hydroxylation is 1. The normalized spacial score (nSPS) is 15.2. The number of furan rings is 1. The summed E-state index contributed by atoms with van der Waals surface area (Å²) in [6.45, 7) is 2.81. The highest BCUT2D eigenvalue weighted by molar-refractivity contribution is 8.00. The molecular formula is C12H15N3OS2. The van der Waals surface area contributed by atoms with E-state index in [2.05, 4.69) is 21.6 Å². The topological polar surface area (TPSA) is 51.0 Å². The third kappa shape index (κ3) is 3.34. The summed E-state index contributed by atoms with van der Waals surface area (Å²) in [6, 6.07) is 4.82. The van der Waals surface area contributed by atoms with E-state index >= 15 is 0 Å². The molecule has 2 aromatic heterocycles. The Morgan fingerprint density at radius 3 is 2.94 bits per heavy atom. The zero-order valence-electron chi connectivity index (χ0n) is 10.2. The van der Waals surface area contributed by atoms with Gasteiger partial charge in [0.15, 0.2) is 4.34 Å². The summed E-state index contributed by atoms with van der Waals surface area (Å²) in [5.74, 6) is 2.84. The predicted molar refractivity (Wildman–Crippen MR) is 72.8 cm³/mol. The molecule has 18 heavy (non-hydrogen) atoms. The maximum atomic E-state index is 5.76. The second kappa shape index (κ2) is 5.42. The van der Waals surface area contributed by atoms with E-state index in [1.54, 1.807) is 23.1 Å². The quantitative estimate of drug-likeness (QED) is 0.825. The molecule has 2 aromatic rings. The van der Waals surface area contributed by atoms with Crippen LogP contribution in [0.1, 0.15) is 29.4 Å². The molecule has 1 saturated carbocycles. The summed E-state index contributed by atoms with van der Waals surface area (Å²) in [7, 11) is 0. The molecule has 0 atom stereocenters. The van der Waals surface area contributed by atoms with E-state index in [0.29, 0.717) is 0 Å². The van der Waals surface area contributed by atoms with Crippen molar-refractivity contribution in [2.75, 3.05) is 0 Å². The maximum absolute atomic E-state index is 5.76. The van der Waals surface area contributed by atoms with Crippen LogP contribution in [0.15, 0.2) is 20.9 Å². The van der Waals surface area contributed by atoms with Gasteiger partial charge in [0.2, 0.25) is 0 Å². The first-order valence-corrected chi connectivity index (χ1v) is 7.84. The highest BCUT2D eigenvalue weighted by Gasteiger charge is 2.20. The molecule has 0 aromatic carbocycles. The average Bonchev–Trinajstić information content (AvgIpc) is 2.93.